The lowest BCUT2D eigenvalue weighted by molar-refractivity contribution is -0.121. The highest BCUT2D eigenvalue weighted by Gasteiger charge is 2.14. The first kappa shape index (κ1) is 22.7. The summed E-state index contributed by atoms with van der Waals surface area (Å²) in [6, 6.07) is 9.13. The van der Waals surface area contributed by atoms with Gasteiger partial charge in [0.15, 0.2) is 16.7 Å². The number of carbonyl (C=O) groups is 1. The van der Waals surface area contributed by atoms with E-state index in [9.17, 15) is 4.79 Å². The summed E-state index contributed by atoms with van der Waals surface area (Å²) in [5, 5.41) is 13.6. The largest absolute Gasteiger partial charge is 0.461 e. The average Bonchev–Trinajstić information content (AvgIpc) is 3.38. The fourth-order valence-corrected chi connectivity index (χ4v) is 4.47. The summed E-state index contributed by atoms with van der Waals surface area (Å²) in [6.45, 7) is 3.39. The highest BCUT2D eigenvalue weighted by molar-refractivity contribution is 7.99. The van der Waals surface area contributed by atoms with Gasteiger partial charge in [0.1, 0.15) is 0 Å². The predicted molar refractivity (Wildman–Crippen MR) is 121 cm³/mol. The van der Waals surface area contributed by atoms with Crippen LogP contribution in [-0.2, 0) is 17.8 Å². The van der Waals surface area contributed by atoms with Gasteiger partial charge in [0, 0.05) is 35.3 Å². The Morgan fingerprint density at radius 1 is 1.23 bits per heavy atom. The molecule has 0 bridgehead atoms. The van der Waals surface area contributed by atoms with Crippen molar-refractivity contribution in [3.8, 4) is 11.6 Å². The molecule has 1 aromatic carbocycles. The SMILES string of the molecule is CCn1c(SCCCCC(=O)NCCc2ccc(Cl)cc2Cl)nnc1-c1ccco1. The molecule has 0 aliphatic carbocycles. The summed E-state index contributed by atoms with van der Waals surface area (Å²) < 4.78 is 7.47. The minimum atomic E-state index is 0.0573. The second kappa shape index (κ2) is 11.4. The molecule has 0 radical (unpaired) electrons. The quantitative estimate of drug-likeness (QED) is 0.298. The highest BCUT2D eigenvalue weighted by atomic mass is 35.5. The monoisotopic (exact) mass is 466 g/mol. The van der Waals surface area contributed by atoms with Crippen LogP contribution in [0, 0.1) is 0 Å². The topological polar surface area (TPSA) is 73.0 Å². The molecule has 6 nitrogen and oxygen atoms in total. The number of unbranched alkanes of at least 4 members (excludes halogenated alkanes) is 1. The smallest absolute Gasteiger partial charge is 0.220 e. The van der Waals surface area contributed by atoms with E-state index in [-0.39, 0.29) is 5.91 Å². The van der Waals surface area contributed by atoms with Gasteiger partial charge < -0.3 is 9.73 Å². The van der Waals surface area contributed by atoms with Crippen molar-refractivity contribution in [3.05, 3.63) is 52.2 Å². The van der Waals surface area contributed by atoms with Crippen molar-refractivity contribution >= 4 is 40.9 Å². The Morgan fingerprint density at radius 3 is 2.83 bits per heavy atom. The third-order valence-electron chi connectivity index (χ3n) is 4.54. The molecule has 0 saturated heterocycles. The minimum absolute atomic E-state index is 0.0573. The molecular formula is C21H24Cl2N4O2S. The van der Waals surface area contributed by atoms with Crippen LogP contribution in [0.4, 0.5) is 0 Å². The van der Waals surface area contributed by atoms with Crippen LogP contribution in [0.5, 0.6) is 0 Å². The Kier molecular flexibility index (Phi) is 8.66. The Balaban J connectivity index is 1.34. The summed E-state index contributed by atoms with van der Waals surface area (Å²) in [6.07, 6.45) is 4.57. The van der Waals surface area contributed by atoms with Gasteiger partial charge in [0.25, 0.3) is 0 Å². The maximum atomic E-state index is 12.0. The van der Waals surface area contributed by atoms with Gasteiger partial charge in [-0.3, -0.25) is 9.36 Å². The van der Waals surface area contributed by atoms with Gasteiger partial charge in [-0.1, -0.05) is 41.0 Å². The number of nitrogens with zero attached hydrogens (tertiary/aromatic N) is 3. The van der Waals surface area contributed by atoms with Crippen LogP contribution in [0.3, 0.4) is 0 Å². The number of furan rings is 1. The Morgan fingerprint density at radius 2 is 2.10 bits per heavy atom. The van der Waals surface area contributed by atoms with E-state index in [0.717, 1.165) is 41.7 Å². The molecule has 0 fully saturated rings. The van der Waals surface area contributed by atoms with Gasteiger partial charge in [-0.05, 0) is 56.0 Å². The Bertz CT molecular complexity index is 960. The zero-order valence-electron chi connectivity index (χ0n) is 16.7. The fraction of sp³-hybridized carbons (Fsp3) is 0.381. The second-order valence-electron chi connectivity index (χ2n) is 6.67. The molecule has 0 saturated carbocycles. The molecular weight excluding hydrogens is 443 g/mol. The molecule has 0 aliphatic rings. The van der Waals surface area contributed by atoms with E-state index in [2.05, 4.69) is 22.4 Å². The summed E-state index contributed by atoms with van der Waals surface area (Å²) in [5.74, 6) is 2.39. The molecule has 30 heavy (non-hydrogen) atoms. The summed E-state index contributed by atoms with van der Waals surface area (Å²) >= 11 is 13.7. The second-order valence-corrected chi connectivity index (χ2v) is 8.57. The molecule has 1 amide bonds. The molecule has 1 N–H and O–H groups in total. The van der Waals surface area contributed by atoms with Crippen molar-refractivity contribution in [2.24, 2.45) is 0 Å². The maximum Gasteiger partial charge on any atom is 0.220 e. The van der Waals surface area contributed by atoms with Gasteiger partial charge in [-0.25, -0.2) is 0 Å². The number of aromatic nitrogens is 3. The van der Waals surface area contributed by atoms with E-state index >= 15 is 0 Å². The van der Waals surface area contributed by atoms with E-state index in [1.807, 2.05) is 22.8 Å². The minimum Gasteiger partial charge on any atom is -0.461 e. The zero-order valence-corrected chi connectivity index (χ0v) is 19.1. The molecule has 9 heteroatoms. The standard InChI is InChI=1S/C21H24Cl2N4O2S/c1-2-27-20(18-6-5-12-29-18)25-26-21(27)30-13-4-3-7-19(28)24-11-10-15-8-9-16(22)14-17(15)23/h5-6,8-9,12,14H,2-4,7,10-11,13H2,1H3,(H,24,28). The van der Waals surface area contributed by atoms with Crippen LogP contribution in [-0.4, -0.2) is 33.0 Å². The number of hydrogen-bond acceptors (Lipinski definition) is 5. The lowest BCUT2D eigenvalue weighted by Crippen LogP contribution is -2.25. The van der Waals surface area contributed by atoms with Crippen molar-refractivity contribution in [2.75, 3.05) is 12.3 Å². The van der Waals surface area contributed by atoms with Crippen molar-refractivity contribution in [1.82, 2.24) is 20.1 Å². The Labute approximate surface area is 190 Å². The van der Waals surface area contributed by atoms with Gasteiger partial charge in [-0.2, -0.15) is 0 Å². The molecule has 0 unspecified atom stereocenters. The molecule has 0 atom stereocenters. The van der Waals surface area contributed by atoms with E-state index in [0.29, 0.717) is 35.2 Å². The number of hydrogen-bond donors (Lipinski definition) is 1. The molecule has 0 spiro atoms. The van der Waals surface area contributed by atoms with Crippen LogP contribution in [0.1, 0.15) is 31.7 Å². The van der Waals surface area contributed by atoms with E-state index in [4.69, 9.17) is 27.6 Å². The van der Waals surface area contributed by atoms with Gasteiger partial charge >= 0.3 is 0 Å². The first-order valence-corrected chi connectivity index (χ1v) is 11.6. The first-order valence-electron chi connectivity index (χ1n) is 9.89. The van der Waals surface area contributed by atoms with Crippen LogP contribution in [0.2, 0.25) is 10.0 Å². The molecule has 160 valence electrons. The molecule has 3 rings (SSSR count). The lowest BCUT2D eigenvalue weighted by atomic mass is 10.1. The van der Waals surface area contributed by atoms with E-state index < -0.39 is 0 Å². The normalized spacial score (nSPS) is 11.0. The van der Waals surface area contributed by atoms with Crippen LogP contribution >= 0.6 is 35.0 Å². The van der Waals surface area contributed by atoms with Crippen LogP contribution in [0.25, 0.3) is 11.6 Å². The van der Waals surface area contributed by atoms with Crippen molar-refractivity contribution in [1.29, 1.82) is 0 Å². The predicted octanol–water partition coefficient (Wildman–Crippen LogP) is 5.49. The van der Waals surface area contributed by atoms with E-state index in [1.165, 1.54) is 0 Å². The van der Waals surface area contributed by atoms with Crippen molar-refractivity contribution in [3.63, 3.8) is 0 Å². The zero-order chi connectivity index (χ0) is 21.3. The van der Waals surface area contributed by atoms with Crippen molar-refractivity contribution in [2.45, 2.75) is 44.3 Å². The first-order chi connectivity index (χ1) is 14.6. The fourth-order valence-electron chi connectivity index (χ4n) is 2.97. The summed E-state index contributed by atoms with van der Waals surface area (Å²) in [4.78, 5) is 12.0. The molecule has 0 aliphatic heterocycles. The number of rotatable bonds is 11. The van der Waals surface area contributed by atoms with Gasteiger partial charge in [-0.15, -0.1) is 10.2 Å². The summed E-state index contributed by atoms with van der Waals surface area (Å²) in [5.41, 5.74) is 0.978. The third kappa shape index (κ3) is 6.27. The number of carbonyl (C=O) groups excluding carboxylic acids is 1. The van der Waals surface area contributed by atoms with Gasteiger partial charge in [0.05, 0.1) is 6.26 Å². The highest BCUT2D eigenvalue weighted by Crippen LogP contribution is 2.25. The molecule has 2 aromatic heterocycles. The number of halogens is 2. The third-order valence-corrected chi connectivity index (χ3v) is 6.18. The molecule has 2 heterocycles. The van der Waals surface area contributed by atoms with E-state index in [1.54, 1.807) is 30.2 Å². The Hall–Kier alpha value is -1.96. The maximum absolute atomic E-state index is 12.0. The number of amides is 1. The lowest BCUT2D eigenvalue weighted by Gasteiger charge is -2.07. The summed E-state index contributed by atoms with van der Waals surface area (Å²) in [7, 11) is 0. The number of thioether (sulfide) groups is 1. The number of benzene rings is 1. The van der Waals surface area contributed by atoms with Crippen LogP contribution in [0.15, 0.2) is 46.2 Å². The number of nitrogens with one attached hydrogen (secondary N) is 1. The molecule has 3 aromatic rings. The van der Waals surface area contributed by atoms with Gasteiger partial charge in [0.2, 0.25) is 5.91 Å². The van der Waals surface area contributed by atoms with Crippen molar-refractivity contribution < 1.29 is 9.21 Å². The van der Waals surface area contributed by atoms with Crippen LogP contribution < -0.4 is 5.32 Å². The average molecular weight is 467 g/mol.